The summed E-state index contributed by atoms with van der Waals surface area (Å²) in [5.41, 5.74) is 5.33. The van der Waals surface area contributed by atoms with Gasteiger partial charge in [0.25, 0.3) is 17.7 Å². The van der Waals surface area contributed by atoms with Crippen molar-refractivity contribution in [2.45, 2.75) is 0 Å². The average Bonchev–Trinajstić information content (AvgIpc) is 2.66. The van der Waals surface area contributed by atoms with E-state index in [0.717, 1.165) is 4.90 Å². The van der Waals surface area contributed by atoms with Crippen molar-refractivity contribution in [2.24, 2.45) is 5.73 Å². The first-order valence-electron chi connectivity index (χ1n) is 8.14. The van der Waals surface area contributed by atoms with Crippen LogP contribution in [0.15, 0.2) is 48.0 Å². The maximum atomic E-state index is 12.8. The maximum absolute atomic E-state index is 12.8. The fourth-order valence-corrected chi connectivity index (χ4v) is 3.01. The van der Waals surface area contributed by atoms with Crippen molar-refractivity contribution in [1.29, 1.82) is 0 Å². The number of urea groups is 1. The van der Waals surface area contributed by atoms with Gasteiger partial charge in [-0.15, -0.1) is 0 Å². The lowest BCUT2D eigenvalue weighted by molar-refractivity contribution is -0.123. The van der Waals surface area contributed by atoms with Gasteiger partial charge in [-0.3, -0.25) is 19.7 Å². The molecule has 0 unspecified atom stereocenters. The number of nitrogens with one attached hydrogen (secondary N) is 1. The molecule has 148 valence electrons. The van der Waals surface area contributed by atoms with Crippen molar-refractivity contribution in [2.75, 3.05) is 11.5 Å². The summed E-state index contributed by atoms with van der Waals surface area (Å²) in [6.07, 6.45) is 1.32. The number of nitrogens with two attached hydrogens (primary N) is 1. The molecule has 3 rings (SSSR count). The first kappa shape index (κ1) is 20.4. The standard InChI is InChI=1S/C19H13Cl2N3O5/c20-11-3-6-15(14(21)8-11)24-18(27)13(17(26)23-19(24)28)7-10-1-4-12(5-2-10)29-9-16(22)25/h1-8H,9H2,(H2,22,25)(H,23,26,28)/b13-7+. The molecule has 1 saturated heterocycles. The van der Waals surface area contributed by atoms with Crippen LogP contribution < -0.4 is 20.7 Å². The summed E-state index contributed by atoms with van der Waals surface area (Å²) in [5, 5.41) is 2.51. The zero-order valence-electron chi connectivity index (χ0n) is 14.6. The van der Waals surface area contributed by atoms with Crippen LogP contribution in [0, 0.1) is 0 Å². The van der Waals surface area contributed by atoms with Crippen LogP contribution in [0.25, 0.3) is 6.08 Å². The molecule has 8 nitrogen and oxygen atoms in total. The predicted molar refractivity (Wildman–Crippen MR) is 107 cm³/mol. The number of amides is 5. The number of benzene rings is 2. The number of anilines is 1. The van der Waals surface area contributed by atoms with Crippen molar-refractivity contribution in [1.82, 2.24) is 5.32 Å². The van der Waals surface area contributed by atoms with Crippen molar-refractivity contribution >= 4 is 58.7 Å². The average molecular weight is 434 g/mol. The van der Waals surface area contributed by atoms with Crippen LogP contribution in [0.1, 0.15) is 5.56 Å². The molecule has 1 aliphatic heterocycles. The normalized spacial score (nSPS) is 15.4. The number of rotatable bonds is 5. The summed E-state index contributed by atoms with van der Waals surface area (Å²) >= 11 is 11.9. The highest BCUT2D eigenvalue weighted by Gasteiger charge is 2.37. The van der Waals surface area contributed by atoms with Gasteiger partial charge >= 0.3 is 6.03 Å². The second kappa shape index (κ2) is 8.34. The second-order valence-corrected chi connectivity index (χ2v) is 6.72. The number of halogens is 2. The zero-order chi connectivity index (χ0) is 21.1. The number of hydrogen-bond donors (Lipinski definition) is 2. The largest absolute Gasteiger partial charge is 0.484 e. The molecule has 0 aliphatic carbocycles. The van der Waals surface area contributed by atoms with Gasteiger partial charge in [-0.05, 0) is 42.0 Å². The minimum atomic E-state index is -0.920. The Labute approximate surface area is 174 Å². The van der Waals surface area contributed by atoms with Crippen LogP contribution in [-0.4, -0.2) is 30.4 Å². The lowest BCUT2D eigenvalue weighted by atomic mass is 10.1. The summed E-state index contributed by atoms with van der Waals surface area (Å²) in [6.45, 7) is -0.278. The monoisotopic (exact) mass is 433 g/mol. The maximum Gasteiger partial charge on any atom is 0.335 e. The Bertz CT molecular complexity index is 1050. The van der Waals surface area contributed by atoms with Gasteiger partial charge in [-0.25, -0.2) is 9.69 Å². The van der Waals surface area contributed by atoms with Crippen LogP contribution in [0.2, 0.25) is 10.0 Å². The van der Waals surface area contributed by atoms with Gasteiger partial charge in [0.05, 0.1) is 10.7 Å². The summed E-state index contributed by atoms with van der Waals surface area (Å²) < 4.78 is 5.15. The minimum absolute atomic E-state index is 0.0747. The Hall–Kier alpha value is -3.36. The second-order valence-electron chi connectivity index (χ2n) is 5.88. The third-order valence-corrected chi connectivity index (χ3v) is 4.36. The first-order valence-corrected chi connectivity index (χ1v) is 8.89. The summed E-state index contributed by atoms with van der Waals surface area (Å²) in [7, 11) is 0. The molecule has 2 aromatic carbocycles. The van der Waals surface area contributed by atoms with E-state index in [1.54, 1.807) is 24.3 Å². The Morgan fingerprint density at radius 2 is 1.79 bits per heavy atom. The number of nitrogens with zero attached hydrogens (tertiary/aromatic N) is 1. The zero-order valence-corrected chi connectivity index (χ0v) is 16.2. The van der Waals surface area contributed by atoms with E-state index >= 15 is 0 Å². The van der Waals surface area contributed by atoms with E-state index in [9.17, 15) is 19.2 Å². The quantitative estimate of drug-likeness (QED) is 0.554. The number of primary amides is 1. The van der Waals surface area contributed by atoms with E-state index in [-0.39, 0.29) is 22.9 Å². The molecule has 1 aliphatic rings. The SMILES string of the molecule is NC(=O)COc1ccc(/C=C2\C(=O)NC(=O)N(c3ccc(Cl)cc3Cl)C2=O)cc1. The van der Waals surface area contributed by atoms with Crippen molar-refractivity contribution in [3.63, 3.8) is 0 Å². The van der Waals surface area contributed by atoms with E-state index in [1.807, 2.05) is 0 Å². The molecule has 0 radical (unpaired) electrons. The Kier molecular flexibility index (Phi) is 5.86. The molecule has 3 N–H and O–H groups in total. The lowest BCUT2D eigenvalue weighted by Crippen LogP contribution is -2.54. The molecule has 0 spiro atoms. The number of barbiturate groups is 1. The van der Waals surface area contributed by atoms with E-state index in [0.29, 0.717) is 16.3 Å². The van der Waals surface area contributed by atoms with Crippen LogP contribution >= 0.6 is 23.2 Å². The van der Waals surface area contributed by atoms with Crippen molar-refractivity contribution < 1.29 is 23.9 Å². The van der Waals surface area contributed by atoms with Crippen LogP contribution in [0.3, 0.4) is 0 Å². The van der Waals surface area contributed by atoms with Gasteiger partial charge in [-0.2, -0.15) is 0 Å². The summed E-state index contributed by atoms with van der Waals surface area (Å²) in [6, 6.07) is 9.55. The summed E-state index contributed by atoms with van der Waals surface area (Å²) in [5.74, 6) is -1.91. The third-order valence-electron chi connectivity index (χ3n) is 3.82. The van der Waals surface area contributed by atoms with Gasteiger partial charge < -0.3 is 10.5 Å². The molecular formula is C19H13Cl2N3O5. The molecule has 1 heterocycles. The number of ether oxygens (including phenoxy) is 1. The van der Waals surface area contributed by atoms with E-state index in [1.165, 1.54) is 24.3 Å². The van der Waals surface area contributed by atoms with E-state index in [4.69, 9.17) is 33.7 Å². The first-order chi connectivity index (χ1) is 13.8. The molecule has 0 aromatic heterocycles. The fraction of sp³-hybridized carbons (Fsp3) is 0.0526. The molecule has 0 bridgehead atoms. The molecule has 29 heavy (non-hydrogen) atoms. The van der Waals surface area contributed by atoms with Crippen molar-refractivity contribution in [3.05, 3.63) is 63.6 Å². The van der Waals surface area contributed by atoms with Gasteiger partial charge in [-0.1, -0.05) is 35.3 Å². The number of hydrogen-bond acceptors (Lipinski definition) is 5. The van der Waals surface area contributed by atoms with Gasteiger partial charge in [0.1, 0.15) is 11.3 Å². The van der Waals surface area contributed by atoms with Crippen molar-refractivity contribution in [3.8, 4) is 5.75 Å². The highest BCUT2D eigenvalue weighted by Crippen LogP contribution is 2.31. The molecular weight excluding hydrogens is 421 g/mol. The highest BCUT2D eigenvalue weighted by molar-refractivity contribution is 6.42. The molecule has 5 amide bonds. The number of carbonyl (C=O) groups excluding carboxylic acids is 4. The molecule has 0 saturated carbocycles. The molecule has 10 heteroatoms. The summed E-state index contributed by atoms with van der Waals surface area (Å²) in [4.78, 5) is 48.8. The Morgan fingerprint density at radius 3 is 2.41 bits per heavy atom. The molecule has 1 fully saturated rings. The molecule has 2 aromatic rings. The van der Waals surface area contributed by atoms with Gasteiger partial charge in [0, 0.05) is 5.02 Å². The third kappa shape index (κ3) is 4.56. The van der Waals surface area contributed by atoms with Crippen LogP contribution in [0.4, 0.5) is 10.5 Å². The Balaban J connectivity index is 1.90. The number of carbonyl (C=O) groups is 4. The fourth-order valence-electron chi connectivity index (χ4n) is 2.52. The highest BCUT2D eigenvalue weighted by atomic mass is 35.5. The predicted octanol–water partition coefficient (Wildman–Crippen LogP) is 2.52. The minimum Gasteiger partial charge on any atom is -0.484 e. The number of imide groups is 2. The lowest BCUT2D eigenvalue weighted by Gasteiger charge is -2.27. The van der Waals surface area contributed by atoms with Gasteiger partial charge in [0.2, 0.25) is 0 Å². The van der Waals surface area contributed by atoms with Crippen LogP contribution in [0.5, 0.6) is 5.75 Å². The van der Waals surface area contributed by atoms with Gasteiger partial charge in [0.15, 0.2) is 6.61 Å². The van der Waals surface area contributed by atoms with Crippen LogP contribution in [-0.2, 0) is 14.4 Å². The topological polar surface area (TPSA) is 119 Å². The van der Waals surface area contributed by atoms with E-state index < -0.39 is 23.8 Å². The molecule has 0 atom stereocenters. The Morgan fingerprint density at radius 1 is 1.10 bits per heavy atom. The van der Waals surface area contributed by atoms with E-state index in [2.05, 4.69) is 5.32 Å². The smallest absolute Gasteiger partial charge is 0.335 e.